The molecule has 20 heterocycles. The van der Waals surface area contributed by atoms with E-state index >= 15 is 0 Å². The third kappa shape index (κ3) is 14.1. The molecule has 20 nitrogen and oxygen atoms in total. The largest absolute Gasteiger partial charge is 0.406 e. The van der Waals surface area contributed by atoms with Crippen molar-refractivity contribution in [3.63, 3.8) is 0 Å². The fourth-order valence-electron chi connectivity index (χ4n) is 15.7. The summed E-state index contributed by atoms with van der Waals surface area (Å²) in [5.74, 6) is 16.7. The lowest BCUT2D eigenvalue weighted by molar-refractivity contribution is -0.658. The third-order valence-electron chi connectivity index (χ3n) is 21.5. The number of anilines is 10. The van der Waals surface area contributed by atoms with Gasteiger partial charge in [-0.25, -0.2) is 47.8 Å². The molecule has 0 spiro atoms. The van der Waals surface area contributed by atoms with Crippen molar-refractivity contribution in [3.8, 4) is 0 Å². The number of pyridine rings is 10. The van der Waals surface area contributed by atoms with Gasteiger partial charge in [-0.15, -0.1) is 0 Å². The zero-order valence-electron chi connectivity index (χ0n) is 85.3. The van der Waals surface area contributed by atoms with E-state index in [1.165, 1.54) is 5.56 Å². The van der Waals surface area contributed by atoms with Gasteiger partial charge in [0.1, 0.15) is 0 Å². The van der Waals surface area contributed by atoms with Crippen molar-refractivity contribution in [2.75, 3.05) is 24.1 Å². The molecular weight excluding hydrogens is 1440 g/mol. The Hall–Kier alpha value is -12.8. The Labute approximate surface area is 705 Å². The Balaban J connectivity index is 0.000000122. The predicted molar refractivity (Wildman–Crippen MR) is 474 cm³/mol. The SMILES string of the molecule is CB1C=Cc2c(oc3nc(C)ccc23)N1c1cc(C)cc[n+]1C.[2H]C([2H])([2H])C1=CB(C)N(c2cc(C)c(C([2H])([2H])[2H])c[n+]2C)c2oc3ncccc3c21.[2H]C([2H])([2H])C1=CB(C)N(c2cc(C)cc[n+]2C)c2oc3ncccc3c21.[2H]C([2H])([2H])C1=CB(C)N(c2ccc(C([2H])([2H])[2H])c[n+]2C)c2oc3ncccc3c21.[2H]C([2H])([2H])c1ccc(N2B(C)C=Cc3c2oc2nc(C)ccc32)[n+](C)c1. The molecule has 0 saturated heterocycles. The molecule has 20 rings (SSSR count). The highest BCUT2D eigenvalue weighted by atomic mass is 16.4. The van der Waals surface area contributed by atoms with Crippen LogP contribution in [0.3, 0.4) is 0 Å². The molecule has 0 radical (unpaired) electrons. The van der Waals surface area contributed by atoms with Crippen LogP contribution in [-0.2, 0) is 35.2 Å². The first-order valence-corrected chi connectivity index (χ1v) is 38.3. The summed E-state index contributed by atoms with van der Waals surface area (Å²) in [5.41, 5.74) is 12.6. The molecule has 0 bridgehead atoms. The first-order chi connectivity index (χ1) is 62.9. The summed E-state index contributed by atoms with van der Waals surface area (Å²) < 4.78 is 181. The van der Waals surface area contributed by atoms with Gasteiger partial charge < -0.3 is 22.1 Å². The minimum Gasteiger partial charge on any atom is -0.404 e. The standard InChI is InChI=1S/C19H21BN3O.4C18H19BN3O/c1-12-9-16(22(5)11-14(12)3)23-19-17(13(2)10-20(23)4)15-7-6-8-21-18(15)24-19;1-12-5-8-16(21(4)11-12)22-18-15(9-10-19(22)3)14-7-6-13(2)20-17(14)23-18;1-12-8-10-21(4)16(11-12)22-18-15(7-9-19(22)3)14-6-5-13(2)20-17(14)23-18;1-12-7-8-15(21(4)11-12)22-18-16(13(2)10-19(22)3)14-6-5-9-20-17(14)23-18;1-12-7-9-21(4)15(10-12)22-18-16(13(2)11-19(22)3)14-6-5-8-20-17(14)23-18/h6-11H,1-5H3;4*5-11H,1-4H3/q5*+1/i2D3,3D3;1D3;;1D3,2D3;2D3. The minimum atomic E-state index is -2.31. The van der Waals surface area contributed by atoms with Crippen molar-refractivity contribution in [1.82, 2.24) is 24.9 Å². The average Bonchev–Trinajstić information content (AvgIpc) is 1.59. The molecule has 576 valence electrons. The lowest BCUT2D eigenvalue weighted by Gasteiger charge is -2.24. The summed E-state index contributed by atoms with van der Waals surface area (Å²) in [7, 11) is 9.39. The van der Waals surface area contributed by atoms with Gasteiger partial charge in [-0.2, -0.15) is 0 Å². The summed E-state index contributed by atoms with van der Waals surface area (Å²) >= 11 is 0. The lowest BCUT2D eigenvalue weighted by atomic mass is 9.59. The topological polar surface area (TPSA) is 166 Å². The van der Waals surface area contributed by atoms with Gasteiger partial charge in [0.05, 0.1) is 121 Å². The molecule has 0 atom stereocenters. The highest BCUT2D eigenvalue weighted by Crippen LogP contribution is 2.48. The van der Waals surface area contributed by atoms with E-state index in [-0.39, 0.29) is 56.5 Å². The number of allylic oxidation sites excluding steroid dienone is 3. The first-order valence-electron chi connectivity index (χ1n) is 47.3. The monoisotopic (exact) mass is 1550 g/mol. The predicted octanol–water partition coefficient (Wildman–Crippen LogP) is 18.5. The Morgan fingerprint density at radius 1 is 0.336 bits per heavy atom. The maximum Gasteiger partial charge on any atom is 0.406 e. The summed E-state index contributed by atoms with van der Waals surface area (Å²) in [5, 5.41) is 4.01. The summed E-state index contributed by atoms with van der Waals surface area (Å²) in [6.07, 6.45) is 17.9. The van der Waals surface area contributed by atoms with Gasteiger partial charge in [-0.1, -0.05) is 42.0 Å². The van der Waals surface area contributed by atoms with Crippen molar-refractivity contribution < 1.29 is 69.6 Å². The number of aryl methyl sites for hydroxylation is 13. The minimum absolute atomic E-state index is 0.0639. The fourth-order valence-corrected chi connectivity index (χ4v) is 15.7. The number of nitrogens with zero attached hydrogens (tertiary/aromatic N) is 15. The number of hydrogen-bond donors (Lipinski definition) is 0. The Morgan fingerprint density at radius 2 is 0.707 bits per heavy atom. The molecule has 0 amide bonds. The van der Waals surface area contributed by atoms with Crippen LogP contribution in [0.5, 0.6) is 0 Å². The molecule has 15 aromatic rings. The number of furan rings is 5. The molecule has 15 aromatic heterocycles. The van der Waals surface area contributed by atoms with Crippen molar-refractivity contribution in [2.45, 2.75) is 110 Å². The molecule has 0 unspecified atom stereocenters. The lowest BCUT2D eigenvalue weighted by Crippen LogP contribution is -2.44. The number of rotatable bonds is 5. The highest BCUT2D eigenvalue weighted by Gasteiger charge is 2.45. The van der Waals surface area contributed by atoms with Gasteiger partial charge in [0.15, 0.2) is 0 Å². The van der Waals surface area contributed by atoms with Crippen LogP contribution in [0.1, 0.15) is 118 Å². The van der Waals surface area contributed by atoms with Crippen LogP contribution >= 0.6 is 0 Å². The van der Waals surface area contributed by atoms with Gasteiger partial charge in [-0.3, -0.25) is 24.1 Å². The molecule has 5 aliphatic rings. The number of hydrogen-bond acceptors (Lipinski definition) is 15. The van der Waals surface area contributed by atoms with E-state index < -0.39 is 41.1 Å². The second kappa shape index (κ2) is 30.9. The second-order valence-electron chi connectivity index (χ2n) is 30.1. The van der Waals surface area contributed by atoms with Crippen LogP contribution in [0, 0.1) is 55.2 Å². The van der Waals surface area contributed by atoms with Crippen LogP contribution in [0.25, 0.3) is 84.4 Å². The maximum atomic E-state index is 8.02. The quantitative estimate of drug-likeness (QED) is 0.118. The summed E-state index contributed by atoms with van der Waals surface area (Å²) in [6, 6.07) is 35.7. The van der Waals surface area contributed by atoms with Gasteiger partial charge in [-0.05, 0) is 245 Å². The van der Waals surface area contributed by atoms with E-state index in [9.17, 15) is 0 Å². The summed E-state index contributed by atoms with van der Waals surface area (Å²) in [4.78, 5) is 31.9. The number of aromatic nitrogens is 10. The smallest absolute Gasteiger partial charge is 0.404 e. The van der Waals surface area contributed by atoms with E-state index in [2.05, 4.69) is 121 Å². The third-order valence-corrected chi connectivity index (χ3v) is 21.5. The zero-order valence-corrected chi connectivity index (χ0v) is 67.3. The van der Waals surface area contributed by atoms with Gasteiger partial charge in [0.2, 0.25) is 28.6 Å². The molecule has 0 aliphatic carbocycles. The molecule has 0 fully saturated rings. The van der Waals surface area contributed by atoms with E-state index in [0.29, 0.717) is 102 Å². The van der Waals surface area contributed by atoms with E-state index in [0.717, 1.165) is 73.5 Å². The first kappa shape index (κ1) is 58.1. The van der Waals surface area contributed by atoms with Gasteiger partial charge in [0.25, 0.3) is 58.5 Å². The molecule has 116 heavy (non-hydrogen) atoms. The van der Waals surface area contributed by atoms with E-state index in [1.807, 2.05) is 121 Å². The molecule has 5 aliphatic heterocycles. The summed E-state index contributed by atoms with van der Waals surface area (Å²) in [6.45, 7) is 5.80. The Bertz CT molecular complexity index is 7340. The highest BCUT2D eigenvalue weighted by molar-refractivity contribution is 6.72. The van der Waals surface area contributed by atoms with Crippen LogP contribution in [0.2, 0.25) is 34.1 Å². The fraction of sp³-hybridized carbons (Fsp3) is 0.231. The van der Waals surface area contributed by atoms with Crippen LogP contribution in [0.15, 0.2) is 217 Å². The Morgan fingerprint density at radius 3 is 1.09 bits per heavy atom. The maximum absolute atomic E-state index is 8.02. The van der Waals surface area contributed by atoms with E-state index in [1.54, 1.807) is 140 Å². The number of fused-ring (bicyclic) bond motifs is 15. The van der Waals surface area contributed by atoms with Crippen LogP contribution in [-0.4, -0.2) is 59.2 Å². The van der Waals surface area contributed by atoms with Gasteiger partial charge in [0, 0.05) is 85.0 Å². The molecule has 25 heteroatoms. The molecule has 0 aromatic carbocycles. The molecule has 0 N–H and O–H groups in total. The van der Waals surface area contributed by atoms with Crippen molar-refractivity contribution >= 4 is 177 Å². The zero-order chi connectivity index (χ0) is 96.6. The van der Waals surface area contributed by atoms with E-state index in [4.69, 9.17) is 46.8 Å². The van der Waals surface area contributed by atoms with Crippen LogP contribution < -0.4 is 46.9 Å². The average molecular weight is 1550 g/mol. The van der Waals surface area contributed by atoms with Crippen molar-refractivity contribution in [1.29, 1.82) is 0 Å². The molecular formula is C91H97B5N15O5+5. The second-order valence-corrected chi connectivity index (χ2v) is 30.1. The van der Waals surface area contributed by atoms with Crippen molar-refractivity contribution in [3.05, 3.63) is 267 Å². The van der Waals surface area contributed by atoms with Crippen molar-refractivity contribution in [2.24, 2.45) is 35.2 Å². The Kier molecular flexibility index (Phi) is 15.5. The normalized spacial score (nSPS) is 16.9. The van der Waals surface area contributed by atoms with Gasteiger partial charge >= 0.3 is 34.2 Å². The van der Waals surface area contributed by atoms with Crippen LogP contribution in [0.4, 0.5) is 58.5 Å². The molecule has 0 saturated carbocycles.